The van der Waals surface area contributed by atoms with Crippen molar-refractivity contribution in [3.05, 3.63) is 18.0 Å². The molecule has 3 saturated heterocycles. The molecule has 24 heavy (non-hydrogen) atoms. The van der Waals surface area contributed by atoms with Crippen LogP contribution < -0.4 is 0 Å². The van der Waals surface area contributed by atoms with E-state index in [0.29, 0.717) is 11.5 Å². The highest BCUT2D eigenvalue weighted by atomic mass is 16.5. The number of aromatic nitrogens is 2. The van der Waals surface area contributed by atoms with Crippen LogP contribution in [0.25, 0.3) is 0 Å². The summed E-state index contributed by atoms with van der Waals surface area (Å²) in [4.78, 5) is 5.27. The normalized spacial score (nSPS) is 30.9. The molecule has 1 spiro atoms. The third kappa shape index (κ3) is 3.67. The lowest BCUT2D eigenvalue weighted by Crippen LogP contribution is -2.43. The first-order valence-electron chi connectivity index (χ1n) is 9.32. The summed E-state index contributed by atoms with van der Waals surface area (Å²) < 4.78 is 13.5. The van der Waals surface area contributed by atoms with Gasteiger partial charge in [0.1, 0.15) is 0 Å². The minimum atomic E-state index is 0.303. The Balaban J connectivity index is 1.40. The number of hydrogen-bond donors (Lipinski definition) is 0. The number of likely N-dealkylation sites (tertiary alicyclic amines) is 1. The van der Waals surface area contributed by atoms with Crippen molar-refractivity contribution in [2.24, 2.45) is 12.5 Å². The molecule has 0 N–H and O–H groups in total. The van der Waals surface area contributed by atoms with Crippen LogP contribution in [-0.4, -0.2) is 78.2 Å². The topological polar surface area (TPSA) is 42.8 Å². The van der Waals surface area contributed by atoms with Crippen molar-refractivity contribution in [2.45, 2.75) is 31.8 Å². The molecule has 0 saturated carbocycles. The Morgan fingerprint density at radius 3 is 2.83 bits per heavy atom. The van der Waals surface area contributed by atoms with E-state index in [4.69, 9.17) is 9.47 Å². The minimum absolute atomic E-state index is 0.303. The molecule has 0 unspecified atom stereocenters. The molecule has 3 fully saturated rings. The van der Waals surface area contributed by atoms with Gasteiger partial charge >= 0.3 is 0 Å². The predicted molar refractivity (Wildman–Crippen MR) is 91.8 cm³/mol. The fourth-order valence-corrected chi connectivity index (χ4v) is 4.61. The zero-order valence-electron chi connectivity index (χ0n) is 14.8. The molecule has 134 valence electrons. The van der Waals surface area contributed by atoms with E-state index in [-0.39, 0.29) is 0 Å². The molecule has 1 aromatic heterocycles. The number of hydrogen-bond acceptors (Lipinski definition) is 5. The first-order chi connectivity index (χ1) is 11.7. The Labute approximate surface area is 144 Å². The predicted octanol–water partition coefficient (Wildman–Crippen LogP) is 1.12. The summed E-state index contributed by atoms with van der Waals surface area (Å²) in [5.74, 6) is 0. The molecule has 3 aliphatic rings. The van der Waals surface area contributed by atoms with Gasteiger partial charge in [-0.1, -0.05) is 0 Å². The maximum atomic E-state index is 6.03. The summed E-state index contributed by atoms with van der Waals surface area (Å²) in [6.07, 6.45) is 7.75. The average molecular weight is 334 g/mol. The monoisotopic (exact) mass is 334 g/mol. The van der Waals surface area contributed by atoms with Crippen molar-refractivity contribution < 1.29 is 9.47 Å². The summed E-state index contributed by atoms with van der Waals surface area (Å²) >= 11 is 0. The second-order valence-electron chi connectivity index (χ2n) is 7.85. The summed E-state index contributed by atoms with van der Waals surface area (Å²) in [7, 11) is 1.99. The van der Waals surface area contributed by atoms with Crippen LogP contribution in [0.5, 0.6) is 0 Å². The van der Waals surface area contributed by atoms with Crippen molar-refractivity contribution in [2.75, 3.05) is 52.6 Å². The summed E-state index contributed by atoms with van der Waals surface area (Å²) in [5, 5.41) is 4.31. The van der Waals surface area contributed by atoms with Crippen LogP contribution in [0, 0.1) is 5.41 Å². The van der Waals surface area contributed by atoms with Gasteiger partial charge in [0.25, 0.3) is 0 Å². The zero-order chi connectivity index (χ0) is 16.4. The van der Waals surface area contributed by atoms with Gasteiger partial charge in [-0.05, 0) is 25.8 Å². The standard InChI is InChI=1S/C18H30N4O2/c1-20-11-16(10-19-20)12-21-6-9-24-15-18(13-21)4-5-22(14-18)17-2-7-23-8-3-17/h10-11,17H,2-9,12-15H2,1H3/t18-/m0/s1. The van der Waals surface area contributed by atoms with Crippen LogP contribution in [0.3, 0.4) is 0 Å². The fourth-order valence-electron chi connectivity index (χ4n) is 4.61. The van der Waals surface area contributed by atoms with Gasteiger partial charge in [-0.15, -0.1) is 0 Å². The van der Waals surface area contributed by atoms with Gasteiger partial charge in [-0.25, -0.2) is 0 Å². The fraction of sp³-hybridized carbons (Fsp3) is 0.833. The maximum Gasteiger partial charge on any atom is 0.0593 e. The SMILES string of the molecule is Cn1cc(CN2CCOC[C@@]3(CCN(C4CCOCC4)C3)C2)cn1. The van der Waals surface area contributed by atoms with Gasteiger partial charge in [-0.2, -0.15) is 5.10 Å². The molecule has 0 aliphatic carbocycles. The third-order valence-corrected chi connectivity index (χ3v) is 5.86. The molecule has 6 nitrogen and oxygen atoms in total. The van der Waals surface area contributed by atoms with Crippen molar-refractivity contribution in [3.8, 4) is 0 Å². The molecular weight excluding hydrogens is 304 g/mol. The summed E-state index contributed by atoms with van der Waals surface area (Å²) in [6.45, 7) is 9.16. The Bertz CT molecular complexity index is 543. The van der Waals surface area contributed by atoms with Gasteiger partial charge in [-0.3, -0.25) is 14.5 Å². The first-order valence-corrected chi connectivity index (χ1v) is 9.32. The van der Waals surface area contributed by atoms with E-state index in [2.05, 4.69) is 21.1 Å². The highest BCUT2D eigenvalue weighted by Crippen LogP contribution is 2.36. The van der Waals surface area contributed by atoms with Gasteiger partial charge in [0.15, 0.2) is 0 Å². The minimum Gasteiger partial charge on any atom is -0.381 e. The number of nitrogens with zero attached hydrogens (tertiary/aromatic N) is 4. The lowest BCUT2D eigenvalue weighted by molar-refractivity contribution is 0.0284. The molecule has 0 radical (unpaired) electrons. The molecule has 6 heteroatoms. The lowest BCUT2D eigenvalue weighted by Gasteiger charge is -2.35. The highest BCUT2D eigenvalue weighted by Gasteiger charge is 2.43. The van der Waals surface area contributed by atoms with Crippen LogP contribution in [-0.2, 0) is 23.1 Å². The smallest absolute Gasteiger partial charge is 0.0593 e. The van der Waals surface area contributed by atoms with Crippen LogP contribution >= 0.6 is 0 Å². The average Bonchev–Trinajstić information content (AvgIpc) is 3.13. The van der Waals surface area contributed by atoms with E-state index in [1.807, 2.05) is 17.9 Å². The Morgan fingerprint density at radius 1 is 1.17 bits per heavy atom. The molecule has 4 heterocycles. The van der Waals surface area contributed by atoms with Gasteiger partial charge < -0.3 is 9.47 Å². The van der Waals surface area contributed by atoms with Gasteiger partial charge in [0.05, 0.1) is 19.4 Å². The third-order valence-electron chi connectivity index (χ3n) is 5.86. The van der Waals surface area contributed by atoms with Gasteiger partial charge in [0.2, 0.25) is 0 Å². The van der Waals surface area contributed by atoms with Crippen LogP contribution in [0.1, 0.15) is 24.8 Å². The summed E-state index contributed by atoms with van der Waals surface area (Å²) in [6, 6.07) is 0.716. The maximum absolute atomic E-state index is 6.03. The van der Waals surface area contributed by atoms with Crippen molar-refractivity contribution in [1.29, 1.82) is 0 Å². The van der Waals surface area contributed by atoms with E-state index < -0.39 is 0 Å². The molecule has 0 amide bonds. The second kappa shape index (κ2) is 7.12. The summed E-state index contributed by atoms with van der Waals surface area (Å²) in [5.41, 5.74) is 1.60. The lowest BCUT2D eigenvalue weighted by atomic mass is 9.87. The van der Waals surface area contributed by atoms with Crippen LogP contribution in [0.2, 0.25) is 0 Å². The molecule has 3 aliphatic heterocycles. The highest BCUT2D eigenvalue weighted by molar-refractivity contribution is 5.04. The molecule has 4 rings (SSSR count). The first kappa shape index (κ1) is 16.5. The molecule has 1 atom stereocenters. The number of aryl methyl sites for hydroxylation is 1. The Morgan fingerprint density at radius 2 is 2.04 bits per heavy atom. The van der Waals surface area contributed by atoms with E-state index in [1.54, 1.807) is 0 Å². The molecule has 1 aromatic rings. The van der Waals surface area contributed by atoms with E-state index in [9.17, 15) is 0 Å². The van der Waals surface area contributed by atoms with Crippen molar-refractivity contribution in [3.63, 3.8) is 0 Å². The zero-order valence-corrected chi connectivity index (χ0v) is 14.8. The molecular formula is C18H30N4O2. The van der Waals surface area contributed by atoms with Crippen LogP contribution in [0.4, 0.5) is 0 Å². The van der Waals surface area contributed by atoms with E-state index >= 15 is 0 Å². The molecule has 0 bridgehead atoms. The van der Waals surface area contributed by atoms with Crippen molar-refractivity contribution >= 4 is 0 Å². The van der Waals surface area contributed by atoms with E-state index in [0.717, 1.165) is 46.1 Å². The van der Waals surface area contributed by atoms with Crippen molar-refractivity contribution in [1.82, 2.24) is 19.6 Å². The van der Waals surface area contributed by atoms with Gasteiger partial charge in [0, 0.05) is 69.7 Å². The number of rotatable bonds is 3. The second-order valence-corrected chi connectivity index (χ2v) is 7.85. The quantitative estimate of drug-likeness (QED) is 0.829. The largest absolute Gasteiger partial charge is 0.381 e. The van der Waals surface area contributed by atoms with Crippen LogP contribution in [0.15, 0.2) is 12.4 Å². The van der Waals surface area contributed by atoms with E-state index in [1.165, 1.54) is 37.9 Å². The Kier molecular flexibility index (Phi) is 4.90. The molecule has 0 aromatic carbocycles. The Hall–Kier alpha value is -0.950. The number of ether oxygens (including phenoxy) is 2.